The summed E-state index contributed by atoms with van der Waals surface area (Å²) >= 11 is 0. The van der Waals surface area contributed by atoms with Crippen LogP contribution >= 0.6 is 0 Å². The van der Waals surface area contributed by atoms with Gasteiger partial charge in [-0.05, 0) is 49.2 Å². The number of H-pyrrole nitrogens is 1. The summed E-state index contributed by atoms with van der Waals surface area (Å²) < 4.78 is 25.7. The van der Waals surface area contributed by atoms with E-state index < -0.39 is 12.2 Å². The van der Waals surface area contributed by atoms with Gasteiger partial charge in [-0.15, -0.1) is 0 Å². The molecule has 0 bridgehead atoms. The van der Waals surface area contributed by atoms with Crippen LogP contribution in [-0.4, -0.2) is 64.3 Å². The van der Waals surface area contributed by atoms with Crippen LogP contribution < -0.4 is 5.32 Å². The maximum Gasteiger partial charge on any atom is 0.295 e. The molecular formula is C23H25F2N5O2. The van der Waals surface area contributed by atoms with Crippen molar-refractivity contribution >= 4 is 28.5 Å². The van der Waals surface area contributed by atoms with Crippen LogP contribution in [0.25, 0.3) is 11.0 Å². The Balaban J connectivity index is 1.33. The number of amides is 2. The molecule has 7 nitrogen and oxygen atoms in total. The SMILES string of the molecule is Cc1cccc(NC(=O)CN2CCN(C(=O)c3ccc4nc(C(F)F)[nH]c4c3)CC2)c1C. The number of aromatic amines is 1. The van der Waals surface area contributed by atoms with Gasteiger partial charge >= 0.3 is 0 Å². The fourth-order valence-electron chi connectivity index (χ4n) is 3.84. The summed E-state index contributed by atoms with van der Waals surface area (Å²) in [5, 5.41) is 2.96. The Morgan fingerprint density at radius 3 is 2.59 bits per heavy atom. The van der Waals surface area contributed by atoms with Crippen molar-refractivity contribution in [2.75, 3.05) is 38.0 Å². The van der Waals surface area contributed by atoms with Gasteiger partial charge in [-0.25, -0.2) is 13.8 Å². The lowest BCUT2D eigenvalue weighted by Crippen LogP contribution is -2.50. The van der Waals surface area contributed by atoms with E-state index in [0.29, 0.717) is 42.8 Å². The quantitative estimate of drug-likeness (QED) is 0.635. The first-order valence-corrected chi connectivity index (χ1v) is 10.5. The lowest BCUT2D eigenvalue weighted by molar-refractivity contribution is -0.117. The number of carbonyl (C=O) groups is 2. The largest absolute Gasteiger partial charge is 0.337 e. The zero-order chi connectivity index (χ0) is 22.8. The molecule has 0 unspecified atom stereocenters. The molecule has 0 radical (unpaired) electrons. The fourth-order valence-corrected chi connectivity index (χ4v) is 3.84. The van der Waals surface area contributed by atoms with Crippen molar-refractivity contribution < 1.29 is 18.4 Å². The number of hydrogen-bond acceptors (Lipinski definition) is 4. The standard InChI is InChI=1S/C23H25F2N5O2/c1-14-4-3-5-17(15(14)2)26-20(31)13-29-8-10-30(11-9-29)23(32)16-6-7-18-19(12-16)28-22(27-18)21(24)25/h3-7,12,21H,8-11,13H2,1-2H3,(H,26,31)(H,27,28). The van der Waals surface area contributed by atoms with E-state index in [1.807, 2.05) is 36.9 Å². The number of piperazine rings is 1. The Morgan fingerprint density at radius 1 is 1.12 bits per heavy atom. The van der Waals surface area contributed by atoms with Gasteiger partial charge in [0.1, 0.15) is 0 Å². The molecule has 1 aliphatic heterocycles. The van der Waals surface area contributed by atoms with Gasteiger partial charge in [-0.3, -0.25) is 14.5 Å². The van der Waals surface area contributed by atoms with Crippen LogP contribution in [0, 0.1) is 13.8 Å². The Labute approximate surface area is 184 Å². The van der Waals surface area contributed by atoms with E-state index in [-0.39, 0.29) is 18.4 Å². The maximum atomic E-state index is 12.9. The van der Waals surface area contributed by atoms with Crippen LogP contribution in [0.4, 0.5) is 14.5 Å². The van der Waals surface area contributed by atoms with E-state index in [1.54, 1.807) is 23.1 Å². The summed E-state index contributed by atoms with van der Waals surface area (Å²) in [4.78, 5) is 35.4. The van der Waals surface area contributed by atoms with Gasteiger partial charge in [0.15, 0.2) is 5.82 Å². The molecule has 0 spiro atoms. The van der Waals surface area contributed by atoms with Crippen molar-refractivity contribution in [2.45, 2.75) is 20.3 Å². The highest BCUT2D eigenvalue weighted by Gasteiger charge is 2.24. The molecule has 1 aromatic heterocycles. The summed E-state index contributed by atoms with van der Waals surface area (Å²) in [5.41, 5.74) is 4.21. The minimum Gasteiger partial charge on any atom is -0.337 e. The topological polar surface area (TPSA) is 81.3 Å². The smallest absolute Gasteiger partial charge is 0.295 e. The van der Waals surface area contributed by atoms with Crippen LogP contribution in [0.2, 0.25) is 0 Å². The molecule has 1 aliphatic rings. The molecule has 1 saturated heterocycles. The van der Waals surface area contributed by atoms with E-state index >= 15 is 0 Å². The van der Waals surface area contributed by atoms with Crippen molar-refractivity contribution in [1.82, 2.24) is 19.8 Å². The lowest BCUT2D eigenvalue weighted by Gasteiger charge is -2.34. The van der Waals surface area contributed by atoms with E-state index in [0.717, 1.165) is 16.8 Å². The van der Waals surface area contributed by atoms with Gasteiger partial charge in [-0.2, -0.15) is 0 Å². The summed E-state index contributed by atoms with van der Waals surface area (Å²) in [6.07, 6.45) is -2.69. The average Bonchev–Trinajstić information content (AvgIpc) is 3.21. The Morgan fingerprint density at radius 2 is 1.88 bits per heavy atom. The van der Waals surface area contributed by atoms with Gasteiger partial charge in [0.05, 0.1) is 17.6 Å². The number of anilines is 1. The molecule has 2 aromatic carbocycles. The first-order valence-electron chi connectivity index (χ1n) is 10.5. The van der Waals surface area contributed by atoms with Gasteiger partial charge in [-0.1, -0.05) is 12.1 Å². The minimum absolute atomic E-state index is 0.0852. The van der Waals surface area contributed by atoms with Crippen molar-refractivity contribution in [3.8, 4) is 0 Å². The van der Waals surface area contributed by atoms with E-state index in [1.165, 1.54) is 0 Å². The number of aromatic nitrogens is 2. The number of nitrogens with zero attached hydrogens (tertiary/aromatic N) is 3. The van der Waals surface area contributed by atoms with Crippen LogP contribution in [0.5, 0.6) is 0 Å². The molecule has 32 heavy (non-hydrogen) atoms. The molecule has 2 heterocycles. The highest BCUT2D eigenvalue weighted by molar-refractivity contribution is 5.97. The van der Waals surface area contributed by atoms with Gasteiger partial charge < -0.3 is 15.2 Å². The molecule has 1 fully saturated rings. The van der Waals surface area contributed by atoms with Gasteiger partial charge in [0, 0.05) is 37.4 Å². The molecule has 4 rings (SSSR count). The second kappa shape index (κ2) is 9.04. The third kappa shape index (κ3) is 4.62. The fraction of sp³-hybridized carbons (Fsp3) is 0.348. The van der Waals surface area contributed by atoms with Gasteiger partial charge in [0.2, 0.25) is 5.91 Å². The third-order valence-corrected chi connectivity index (χ3v) is 5.86. The second-order valence-electron chi connectivity index (χ2n) is 8.02. The number of benzene rings is 2. The summed E-state index contributed by atoms with van der Waals surface area (Å²) in [6, 6.07) is 10.5. The number of rotatable bonds is 5. The molecule has 168 valence electrons. The van der Waals surface area contributed by atoms with E-state index in [2.05, 4.69) is 15.3 Å². The molecule has 0 saturated carbocycles. The van der Waals surface area contributed by atoms with E-state index in [9.17, 15) is 18.4 Å². The molecule has 0 aliphatic carbocycles. The van der Waals surface area contributed by atoms with Crippen molar-refractivity contribution in [2.24, 2.45) is 0 Å². The van der Waals surface area contributed by atoms with Crippen LogP contribution in [0.3, 0.4) is 0 Å². The zero-order valence-corrected chi connectivity index (χ0v) is 18.0. The van der Waals surface area contributed by atoms with Gasteiger partial charge in [0.25, 0.3) is 12.3 Å². The summed E-state index contributed by atoms with van der Waals surface area (Å²) in [5.74, 6) is -0.657. The lowest BCUT2D eigenvalue weighted by atomic mass is 10.1. The maximum absolute atomic E-state index is 12.9. The first-order chi connectivity index (χ1) is 15.3. The van der Waals surface area contributed by atoms with Crippen LogP contribution in [0.1, 0.15) is 33.7 Å². The number of alkyl halides is 2. The Hall–Kier alpha value is -3.33. The van der Waals surface area contributed by atoms with Crippen LogP contribution in [-0.2, 0) is 4.79 Å². The molecule has 2 amide bonds. The molecule has 2 N–H and O–H groups in total. The predicted molar refractivity (Wildman–Crippen MR) is 118 cm³/mol. The average molecular weight is 441 g/mol. The van der Waals surface area contributed by atoms with Crippen molar-refractivity contribution in [1.29, 1.82) is 0 Å². The van der Waals surface area contributed by atoms with Crippen molar-refractivity contribution in [3.05, 3.63) is 58.9 Å². The number of imidazole rings is 1. The summed E-state index contributed by atoms with van der Waals surface area (Å²) in [7, 11) is 0. The van der Waals surface area contributed by atoms with Crippen LogP contribution in [0.15, 0.2) is 36.4 Å². The molecule has 0 atom stereocenters. The van der Waals surface area contributed by atoms with E-state index in [4.69, 9.17) is 0 Å². The number of nitrogens with one attached hydrogen (secondary N) is 2. The second-order valence-corrected chi connectivity index (χ2v) is 8.02. The number of halogens is 2. The number of fused-ring (bicyclic) bond motifs is 1. The Bertz CT molecular complexity index is 1150. The normalized spacial score (nSPS) is 14.8. The zero-order valence-electron chi connectivity index (χ0n) is 18.0. The highest BCUT2D eigenvalue weighted by atomic mass is 19.3. The highest BCUT2D eigenvalue weighted by Crippen LogP contribution is 2.22. The monoisotopic (exact) mass is 441 g/mol. The molecule has 9 heteroatoms. The molecule has 3 aromatic rings. The Kier molecular flexibility index (Phi) is 6.18. The number of hydrogen-bond donors (Lipinski definition) is 2. The first kappa shape index (κ1) is 21.9. The summed E-state index contributed by atoms with van der Waals surface area (Å²) in [6.45, 7) is 6.36. The van der Waals surface area contributed by atoms with Crippen molar-refractivity contribution in [3.63, 3.8) is 0 Å². The third-order valence-electron chi connectivity index (χ3n) is 5.86. The minimum atomic E-state index is -2.69. The molecular weight excluding hydrogens is 416 g/mol. The number of aryl methyl sites for hydroxylation is 1. The predicted octanol–water partition coefficient (Wildman–Crippen LogP) is 3.51. The number of carbonyl (C=O) groups excluding carboxylic acids is 2.